The SMILES string of the molecule is COc1ccc(/C=C/C(=O)OCc2nc(-c3ccccc3Cl)no2)cc1. The van der Waals surface area contributed by atoms with Gasteiger partial charge in [-0.05, 0) is 35.9 Å². The lowest BCUT2D eigenvalue weighted by Crippen LogP contribution is -2.01. The van der Waals surface area contributed by atoms with E-state index in [9.17, 15) is 4.79 Å². The van der Waals surface area contributed by atoms with Gasteiger partial charge in [-0.2, -0.15) is 4.98 Å². The summed E-state index contributed by atoms with van der Waals surface area (Å²) in [4.78, 5) is 16.0. The zero-order valence-electron chi connectivity index (χ0n) is 13.9. The molecule has 2 aromatic carbocycles. The maximum atomic E-state index is 11.8. The van der Waals surface area contributed by atoms with Crippen LogP contribution in [-0.4, -0.2) is 23.2 Å². The summed E-state index contributed by atoms with van der Waals surface area (Å²) in [5, 5.41) is 4.36. The Kier molecular flexibility index (Phi) is 5.66. The summed E-state index contributed by atoms with van der Waals surface area (Å²) in [7, 11) is 1.59. The minimum atomic E-state index is -0.515. The molecule has 132 valence electrons. The van der Waals surface area contributed by atoms with Crippen LogP contribution in [0.3, 0.4) is 0 Å². The van der Waals surface area contributed by atoms with Gasteiger partial charge in [-0.3, -0.25) is 0 Å². The number of halogens is 1. The first-order valence-electron chi connectivity index (χ1n) is 7.72. The van der Waals surface area contributed by atoms with Crippen LogP contribution in [-0.2, 0) is 16.1 Å². The highest BCUT2D eigenvalue weighted by Gasteiger charge is 2.12. The van der Waals surface area contributed by atoms with Crippen LogP contribution in [0.5, 0.6) is 5.75 Å². The fourth-order valence-corrected chi connectivity index (χ4v) is 2.35. The van der Waals surface area contributed by atoms with E-state index in [1.54, 1.807) is 37.5 Å². The quantitative estimate of drug-likeness (QED) is 0.479. The molecule has 0 bridgehead atoms. The van der Waals surface area contributed by atoms with Crippen LogP contribution in [0.2, 0.25) is 5.02 Å². The highest BCUT2D eigenvalue weighted by atomic mass is 35.5. The lowest BCUT2D eigenvalue weighted by Gasteiger charge is -1.99. The topological polar surface area (TPSA) is 74.5 Å². The third-order valence-corrected chi connectivity index (χ3v) is 3.78. The number of carbonyl (C=O) groups excluding carboxylic acids is 1. The van der Waals surface area contributed by atoms with Gasteiger partial charge in [-0.1, -0.05) is 41.0 Å². The standard InChI is InChI=1S/C19H15ClN2O4/c1-24-14-9-6-13(7-10-14)8-11-18(23)25-12-17-21-19(22-26-17)15-4-2-3-5-16(15)20/h2-11H,12H2,1H3/b11-8+. The molecule has 3 aromatic rings. The number of aromatic nitrogens is 2. The molecule has 1 aromatic heterocycles. The molecule has 7 heteroatoms. The maximum absolute atomic E-state index is 11.8. The molecular weight excluding hydrogens is 356 g/mol. The number of hydrogen-bond donors (Lipinski definition) is 0. The average Bonchev–Trinajstić information content (AvgIpc) is 3.14. The molecular formula is C19H15ClN2O4. The van der Waals surface area contributed by atoms with Crippen LogP contribution in [0.4, 0.5) is 0 Å². The van der Waals surface area contributed by atoms with Gasteiger partial charge in [0, 0.05) is 11.6 Å². The Morgan fingerprint density at radius 2 is 1.96 bits per heavy atom. The number of ether oxygens (including phenoxy) is 2. The highest BCUT2D eigenvalue weighted by molar-refractivity contribution is 6.33. The van der Waals surface area contributed by atoms with Crippen LogP contribution in [0.1, 0.15) is 11.5 Å². The second kappa shape index (κ2) is 8.31. The zero-order valence-corrected chi connectivity index (χ0v) is 14.6. The van der Waals surface area contributed by atoms with Crippen molar-refractivity contribution < 1.29 is 18.8 Å². The minimum Gasteiger partial charge on any atom is -0.497 e. The van der Waals surface area contributed by atoms with Crippen molar-refractivity contribution in [3.05, 3.63) is 71.1 Å². The van der Waals surface area contributed by atoms with E-state index < -0.39 is 5.97 Å². The molecule has 0 fully saturated rings. The molecule has 0 amide bonds. The monoisotopic (exact) mass is 370 g/mol. The number of rotatable bonds is 6. The van der Waals surface area contributed by atoms with Crippen molar-refractivity contribution in [2.45, 2.75) is 6.61 Å². The molecule has 0 saturated carbocycles. The van der Waals surface area contributed by atoms with Crippen LogP contribution in [0.15, 0.2) is 59.1 Å². The molecule has 3 rings (SSSR count). The van der Waals surface area contributed by atoms with Gasteiger partial charge in [0.05, 0.1) is 12.1 Å². The smallest absolute Gasteiger partial charge is 0.331 e. The summed E-state index contributed by atoms with van der Waals surface area (Å²) in [6.45, 7) is -0.122. The van der Waals surface area contributed by atoms with Gasteiger partial charge in [-0.15, -0.1) is 0 Å². The maximum Gasteiger partial charge on any atom is 0.331 e. The Balaban J connectivity index is 1.56. The predicted octanol–water partition coefficient (Wildman–Crippen LogP) is 4.16. The van der Waals surface area contributed by atoms with Crippen molar-refractivity contribution in [2.24, 2.45) is 0 Å². The molecule has 0 aliphatic rings. The number of esters is 1. The van der Waals surface area contributed by atoms with Crippen LogP contribution in [0, 0.1) is 0 Å². The van der Waals surface area contributed by atoms with Gasteiger partial charge >= 0.3 is 5.97 Å². The first kappa shape index (κ1) is 17.7. The third-order valence-electron chi connectivity index (χ3n) is 3.45. The number of hydrogen-bond acceptors (Lipinski definition) is 6. The molecule has 26 heavy (non-hydrogen) atoms. The van der Waals surface area contributed by atoms with Gasteiger partial charge in [-0.25, -0.2) is 4.79 Å². The number of benzene rings is 2. The van der Waals surface area contributed by atoms with Crippen molar-refractivity contribution in [3.8, 4) is 17.1 Å². The molecule has 1 heterocycles. The summed E-state index contributed by atoms with van der Waals surface area (Å²) in [6, 6.07) is 14.4. The van der Waals surface area contributed by atoms with Crippen molar-refractivity contribution in [3.63, 3.8) is 0 Å². The highest BCUT2D eigenvalue weighted by Crippen LogP contribution is 2.24. The molecule has 0 spiro atoms. The molecule has 0 radical (unpaired) electrons. The van der Waals surface area contributed by atoms with E-state index in [1.165, 1.54) is 6.08 Å². The number of carbonyl (C=O) groups is 1. The zero-order chi connectivity index (χ0) is 18.4. The van der Waals surface area contributed by atoms with Gasteiger partial charge in [0.2, 0.25) is 5.82 Å². The fourth-order valence-electron chi connectivity index (χ4n) is 2.13. The van der Waals surface area contributed by atoms with Crippen LogP contribution >= 0.6 is 11.6 Å². The van der Waals surface area contributed by atoms with Gasteiger partial charge in [0.15, 0.2) is 6.61 Å². The number of nitrogens with zero attached hydrogens (tertiary/aromatic N) is 2. The van der Waals surface area contributed by atoms with E-state index in [2.05, 4.69) is 10.1 Å². The molecule has 0 N–H and O–H groups in total. The second-order valence-corrected chi connectivity index (χ2v) is 5.61. The summed E-state index contributed by atoms with van der Waals surface area (Å²) in [5.41, 5.74) is 1.50. The van der Waals surface area contributed by atoms with Crippen molar-refractivity contribution in [1.29, 1.82) is 0 Å². The van der Waals surface area contributed by atoms with Gasteiger partial charge < -0.3 is 14.0 Å². The van der Waals surface area contributed by atoms with Crippen LogP contribution < -0.4 is 4.74 Å². The van der Waals surface area contributed by atoms with E-state index in [-0.39, 0.29) is 12.5 Å². The Morgan fingerprint density at radius 3 is 2.69 bits per heavy atom. The van der Waals surface area contributed by atoms with E-state index in [0.717, 1.165) is 11.3 Å². The van der Waals surface area contributed by atoms with E-state index in [0.29, 0.717) is 16.4 Å². The van der Waals surface area contributed by atoms with E-state index >= 15 is 0 Å². The second-order valence-electron chi connectivity index (χ2n) is 5.21. The summed E-state index contributed by atoms with van der Waals surface area (Å²) in [6.07, 6.45) is 2.97. The molecule has 0 atom stereocenters. The molecule has 0 aliphatic heterocycles. The third kappa shape index (κ3) is 4.49. The Morgan fingerprint density at radius 1 is 1.19 bits per heavy atom. The summed E-state index contributed by atoms with van der Waals surface area (Å²) >= 11 is 6.09. The summed E-state index contributed by atoms with van der Waals surface area (Å²) < 4.78 is 15.2. The van der Waals surface area contributed by atoms with E-state index in [4.69, 9.17) is 25.6 Å². The van der Waals surface area contributed by atoms with Crippen LogP contribution in [0.25, 0.3) is 17.5 Å². The Bertz CT molecular complexity index is 919. The largest absolute Gasteiger partial charge is 0.497 e. The minimum absolute atomic E-state index is 0.122. The first-order valence-corrected chi connectivity index (χ1v) is 8.10. The normalized spacial score (nSPS) is 10.8. The summed E-state index contributed by atoms with van der Waals surface area (Å²) in [5.74, 6) is 0.760. The molecule has 0 unspecified atom stereocenters. The van der Waals surface area contributed by atoms with Gasteiger partial charge in [0.25, 0.3) is 5.89 Å². The Labute approximate surface area is 155 Å². The first-order chi connectivity index (χ1) is 12.7. The molecule has 0 saturated heterocycles. The van der Waals surface area contributed by atoms with Crippen molar-refractivity contribution in [2.75, 3.05) is 7.11 Å². The van der Waals surface area contributed by atoms with E-state index in [1.807, 2.05) is 24.3 Å². The fraction of sp³-hybridized carbons (Fsp3) is 0.105. The molecule has 6 nitrogen and oxygen atoms in total. The van der Waals surface area contributed by atoms with Crippen molar-refractivity contribution in [1.82, 2.24) is 10.1 Å². The number of methoxy groups -OCH3 is 1. The van der Waals surface area contributed by atoms with Crippen molar-refractivity contribution >= 4 is 23.6 Å². The van der Waals surface area contributed by atoms with Gasteiger partial charge in [0.1, 0.15) is 5.75 Å². The lowest BCUT2D eigenvalue weighted by atomic mass is 10.2. The molecule has 0 aliphatic carbocycles. The Hall–Kier alpha value is -3.12. The average molecular weight is 371 g/mol. The lowest BCUT2D eigenvalue weighted by molar-refractivity contribution is -0.139. The predicted molar refractivity (Wildman–Crippen MR) is 96.6 cm³/mol.